The number of rotatable bonds is 4. The van der Waals surface area contributed by atoms with Gasteiger partial charge in [-0.3, -0.25) is 14.4 Å². The minimum absolute atomic E-state index is 0.0672. The zero-order chi connectivity index (χ0) is 16.5. The number of sulfonamides is 1. The van der Waals surface area contributed by atoms with Crippen LogP contribution in [0.15, 0.2) is 47.4 Å². The molecule has 0 spiro atoms. The van der Waals surface area contributed by atoms with Crippen molar-refractivity contribution in [1.82, 2.24) is 0 Å². The van der Waals surface area contributed by atoms with E-state index in [1.165, 1.54) is 25.2 Å². The number of anilines is 1. The summed E-state index contributed by atoms with van der Waals surface area (Å²) in [6.45, 7) is 3.52. The molecule has 7 heteroatoms. The van der Waals surface area contributed by atoms with Crippen LogP contribution in [-0.2, 0) is 10.0 Å². The number of benzene rings is 2. The number of nitro benzene ring substituents is 1. The highest BCUT2D eigenvalue weighted by Crippen LogP contribution is 2.28. The van der Waals surface area contributed by atoms with Gasteiger partial charge in [0.25, 0.3) is 15.7 Å². The van der Waals surface area contributed by atoms with Crippen LogP contribution in [0.3, 0.4) is 0 Å². The molecule has 0 saturated heterocycles. The van der Waals surface area contributed by atoms with E-state index in [9.17, 15) is 18.5 Å². The summed E-state index contributed by atoms with van der Waals surface area (Å²) < 4.78 is 26.3. The zero-order valence-electron chi connectivity index (χ0n) is 12.5. The number of hydrogen-bond acceptors (Lipinski definition) is 4. The number of hydrogen-bond donors (Lipinski definition) is 0. The maximum Gasteiger partial charge on any atom is 0.269 e. The van der Waals surface area contributed by atoms with Crippen molar-refractivity contribution < 1.29 is 13.3 Å². The van der Waals surface area contributed by atoms with Crippen LogP contribution in [0.5, 0.6) is 0 Å². The topological polar surface area (TPSA) is 80.5 Å². The van der Waals surface area contributed by atoms with Crippen molar-refractivity contribution in [3.8, 4) is 0 Å². The molecule has 0 aliphatic carbocycles. The van der Waals surface area contributed by atoms with Gasteiger partial charge in [-0.1, -0.05) is 17.7 Å². The molecule has 6 nitrogen and oxygen atoms in total. The molecule has 0 saturated carbocycles. The largest absolute Gasteiger partial charge is 0.269 e. The van der Waals surface area contributed by atoms with Crippen LogP contribution in [0.2, 0.25) is 0 Å². The third-order valence-corrected chi connectivity index (χ3v) is 5.20. The quantitative estimate of drug-likeness (QED) is 0.640. The predicted octanol–water partition coefficient (Wildman–Crippen LogP) is 3.04. The summed E-state index contributed by atoms with van der Waals surface area (Å²) in [7, 11) is -2.27. The standard InChI is InChI=1S/C15H16N2O4S/c1-11-4-7-14(8-5-11)22(20,21)16(3)15-9-6-13(17(18)19)10-12(15)2/h4-10H,1-3H3. The molecule has 0 aliphatic heterocycles. The Morgan fingerprint density at radius 1 is 1.05 bits per heavy atom. The molecular formula is C15H16N2O4S. The summed E-state index contributed by atoms with van der Waals surface area (Å²) in [5, 5.41) is 10.8. The van der Waals surface area contributed by atoms with Crippen molar-refractivity contribution in [2.45, 2.75) is 18.7 Å². The van der Waals surface area contributed by atoms with E-state index in [0.29, 0.717) is 11.3 Å². The van der Waals surface area contributed by atoms with E-state index in [1.54, 1.807) is 31.2 Å². The first-order valence-electron chi connectivity index (χ1n) is 6.54. The smallest absolute Gasteiger partial charge is 0.269 e. The van der Waals surface area contributed by atoms with Gasteiger partial charge in [0.1, 0.15) is 0 Å². The number of nitro groups is 1. The van der Waals surface area contributed by atoms with E-state index < -0.39 is 14.9 Å². The summed E-state index contributed by atoms with van der Waals surface area (Å²) in [4.78, 5) is 10.4. The Morgan fingerprint density at radius 2 is 1.64 bits per heavy atom. The molecule has 0 unspecified atom stereocenters. The number of nitrogens with zero attached hydrogens (tertiary/aromatic N) is 2. The van der Waals surface area contributed by atoms with Gasteiger partial charge in [-0.05, 0) is 37.6 Å². The Bertz CT molecular complexity index is 814. The van der Waals surface area contributed by atoms with E-state index in [2.05, 4.69) is 0 Å². The van der Waals surface area contributed by atoms with Gasteiger partial charge in [0.05, 0.1) is 15.5 Å². The lowest BCUT2D eigenvalue weighted by molar-refractivity contribution is -0.384. The molecule has 2 aromatic rings. The van der Waals surface area contributed by atoms with Crippen LogP contribution >= 0.6 is 0 Å². The van der Waals surface area contributed by atoms with Crippen LogP contribution in [0.4, 0.5) is 11.4 Å². The van der Waals surface area contributed by atoms with Gasteiger partial charge in [0.2, 0.25) is 0 Å². The van der Waals surface area contributed by atoms with Gasteiger partial charge in [-0.2, -0.15) is 0 Å². The molecule has 0 bridgehead atoms. The average molecular weight is 320 g/mol. The van der Waals surface area contributed by atoms with Crippen molar-refractivity contribution >= 4 is 21.4 Å². The van der Waals surface area contributed by atoms with Gasteiger partial charge in [0, 0.05) is 19.2 Å². The van der Waals surface area contributed by atoms with E-state index in [4.69, 9.17) is 0 Å². The average Bonchev–Trinajstić information content (AvgIpc) is 2.46. The van der Waals surface area contributed by atoms with Gasteiger partial charge in [0.15, 0.2) is 0 Å². The molecule has 0 aromatic heterocycles. The van der Waals surface area contributed by atoms with Gasteiger partial charge < -0.3 is 0 Å². The van der Waals surface area contributed by atoms with Crippen molar-refractivity contribution in [3.63, 3.8) is 0 Å². The predicted molar refractivity (Wildman–Crippen MR) is 84.6 cm³/mol. The molecular weight excluding hydrogens is 304 g/mol. The van der Waals surface area contributed by atoms with Crippen molar-refractivity contribution in [2.24, 2.45) is 0 Å². The highest BCUT2D eigenvalue weighted by molar-refractivity contribution is 7.92. The molecule has 2 aromatic carbocycles. The van der Waals surface area contributed by atoms with Crippen molar-refractivity contribution in [1.29, 1.82) is 0 Å². The Kier molecular flexibility index (Phi) is 4.18. The summed E-state index contributed by atoms with van der Waals surface area (Å²) in [6, 6.07) is 10.6. The highest BCUT2D eigenvalue weighted by atomic mass is 32.2. The molecule has 0 heterocycles. The summed E-state index contributed by atoms with van der Waals surface area (Å²) in [6.07, 6.45) is 0. The minimum Gasteiger partial charge on any atom is -0.269 e. The van der Waals surface area contributed by atoms with E-state index >= 15 is 0 Å². The van der Waals surface area contributed by atoms with Crippen LogP contribution in [0, 0.1) is 24.0 Å². The fourth-order valence-corrected chi connectivity index (χ4v) is 3.36. The molecule has 0 radical (unpaired) electrons. The van der Waals surface area contributed by atoms with Crippen molar-refractivity contribution in [3.05, 3.63) is 63.7 Å². The molecule has 0 N–H and O–H groups in total. The van der Waals surface area contributed by atoms with E-state index in [0.717, 1.165) is 9.87 Å². The molecule has 2 rings (SSSR count). The molecule has 116 valence electrons. The third kappa shape index (κ3) is 2.94. The Morgan fingerprint density at radius 3 is 2.14 bits per heavy atom. The Labute approximate surface area is 129 Å². The zero-order valence-corrected chi connectivity index (χ0v) is 13.3. The van der Waals surface area contributed by atoms with E-state index in [1.807, 2.05) is 6.92 Å². The maximum absolute atomic E-state index is 12.6. The Hall–Kier alpha value is -2.41. The maximum atomic E-state index is 12.6. The molecule has 0 amide bonds. The lowest BCUT2D eigenvalue weighted by Crippen LogP contribution is -2.27. The van der Waals surface area contributed by atoms with E-state index in [-0.39, 0.29) is 10.6 Å². The first kappa shape index (κ1) is 16.0. The fraction of sp³-hybridized carbons (Fsp3) is 0.200. The third-order valence-electron chi connectivity index (χ3n) is 3.41. The number of aryl methyl sites for hydroxylation is 2. The molecule has 0 atom stereocenters. The second-order valence-corrected chi connectivity index (χ2v) is 6.98. The summed E-state index contributed by atoms with van der Waals surface area (Å²) >= 11 is 0. The van der Waals surface area contributed by atoms with Gasteiger partial charge in [-0.25, -0.2) is 8.42 Å². The molecule has 22 heavy (non-hydrogen) atoms. The van der Waals surface area contributed by atoms with Crippen LogP contribution in [-0.4, -0.2) is 20.4 Å². The SMILES string of the molecule is Cc1ccc(S(=O)(=O)N(C)c2ccc([N+](=O)[O-])cc2C)cc1. The van der Waals surface area contributed by atoms with Crippen LogP contribution < -0.4 is 4.31 Å². The minimum atomic E-state index is -3.70. The first-order valence-corrected chi connectivity index (χ1v) is 7.98. The first-order chi connectivity index (χ1) is 10.2. The van der Waals surface area contributed by atoms with Crippen LogP contribution in [0.1, 0.15) is 11.1 Å². The molecule has 0 aliphatic rings. The normalized spacial score (nSPS) is 11.2. The Balaban J connectivity index is 2.44. The van der Waals surface area contributed by atoms with Gasteiger partial charge in [-0.15, -0.1) is 0 Å². The lowest BCUT2D eigenvalue weighted by atomic mass is 10.2. The molecule has 0 fully saturated rings. The van der Waals surface area contributed by atoms with Crippen molar-refractivity contribution in [2.75, 3.05) is 11.4 Å². The monoisotopic (exact) mass is 320 g/mol. The second kappa shape index (κ2) is 5.76. The second-order valence-electron chi connectivity index (χ2n) is 5.01. The highest BCUT2D eigenvalue weighted by Gasteiger charge is 2.23. The van der Waals surface area contributed by atoms with Crippen LogP contribution in [0.25, 0.3) is 0 Å². The summed E-state index contributed by atoms with van der Waals surface area (Å²) in [5.41, 5.74) is 1.83. The number of non-ortho nitro benzene ring substituents is 1. The fourth-order valence-electron chi connectivity index (χ4n) is 2.10. The lowest BCUT2D eigenvalue weighted by Gasteiger charge is -2.21. The van der Waals surface area contributed by atoms with Gasteiger partial charge >= 0.3 is 0 Å². The summed E-state index contributed by atoms with van der Waals surface area (Å²) in [5.74, 6) is 0.